The predicted octanol–water partition coefficient (Wildman–Crippen LogP) is 4.36. The topological polar surface area (TPSA) is 124 Å². The molecule has 0 bridgehead atoms. The molecule has 2 aromatic rings. The number of alkyl halides is 3. The van der Waals surface area contributed by atoms with Gasteiger partial charge in [0.05, 0.1) is 16.5 Å². The van der Waals surface area contributed by atoms with E-state index in [4.69, 9.17) is 4.74 Å². The SMILES string of the molecule is CCCCCCOc1c([N+](=O)[O-])cc([N+](=O)[O-])c2nc(C(F)(F)F)[nH]c12. The summed E-state index contributed by atoms with van der Waals surface area (Å²) in [5, 5.41) is 22.3. The van der Waals surface area contributed by atoms with E-state index in [0.29, 0.717) is 12.5 Å². The number of rotatable bonds is 8. The van der Waals surface area contributed by atoms with Gasteiger partial charge >= 0.3 is 17.6 Å². The van der Waals surface area contributed by atoms with Crippen LogP contribution in [0.15, 0.2) is 6.07 Å². The number of nitro groups is 2. The highest BCUT2D eigenvalue weighted by molar-refractivity contribution is 5.93. The van der Waals surface area contributed by atoms with Crippen LogP contribution in [0.4, 0.5) is 24.5 Å². The fourth-order valence-electron chi connectivity index (χ4n) is 2.37. The van der Waals surface area contributed by atoms with Gasteiger partial charge in [-0.3, -0.25) is 20.2 Å². The molecule has 0 saturated heterocycles. The second-order valence-electron chi connectivity index (χ2n) is 5.47. The summed E-state index contributed by atoms with van der Waals surface area (Å²) in [5.41, 5.74) is -2.86. The highest BCUT2D eigenvalue weighted by atomic mass is 19.4. The molecule has 9 nitrogen and oxygen atoms in total. The zero-order valence-electron chi connectivity index (χ0n) is 13.6. The van der Waals surface area contributed by atoms with Crippen LogP contribution >= 0.6 is 0 Å². The van der Waals surface area contributed by atoms with Gasteiger partial charge in [-0.25, -0.2) is 4.98 Å². The molecule has 142 valence electrons. The highest BCUT2D eigenvalue weighted by Gasteiger charge is 2.38. The van der Waals surface area contributed by atoms with Crippen LogP contribution in [0, 0.1) is 20.2 Å². The van der Waals surface area contributed by atoms with Crippen LogP contribution in [-0.4, -0.2) is 26.4 Å². The molecule has 0 spiro atoms. The number of halogens is 3. The first-order valence-electron chi connectivity index (χ1n) is 7.72. The Kier molecular flexibility index (Phi) is 5.63. The normalized spacial score (nSPS) is 11.7. The molecule has 26 heavy (non-hydrogen) atoms. The number of hydrogen-bond acceptors (Lipinski definition) is 6. The van der Waals surface area contributed by atoms with Crippen molar-refractivity contribution >= 4 is 22.4 Å². The standard InChI is InChI=1S/C14H15F3N4O5/c1-2-3-4-5-6-26-12-9(21(24)25)7-8(20(22)23)10-11(12)19-13(18-10)14(15,16)17/h7H,2-6H2,1H3,(H,18,19). The number of nitro benzene ring substituents is 2. The molecule has 0 fully saturated rings. The zero-order chi connectivity index (χ0) is 19.5. The Bertz CT molecular complexity index is 834. The number of unbranched alkanes of at least 4 members (excludes halogenated alkanes) is 3. The monoisotopic (exact) mass is 376 g/mol. The van der Waals surface area contributed by atoms with E-state index in [1.807, 2.05) is 11.9 Å². The summed E-state index contributed by atoms with van der Waals surface area (Å²) in [7, 11) is 0. The lowest BCUT2D eigenvalue weighted by molar-refractivity contribution is -0.393. The Morgan fingerprint density at radius 2 is 1.81 bits per heavy atom. The van der Waals surface area contributed by atoms with Crippen LogP contribution < -0.4 is 4.74 Å². The van der Waals surface area contributed by atoms with E-state index in [9.17, 15) is 33.4 Å². The maximum atomic E-state index is 12.9. The quantitative estimate of drug-likeness (QED) is 0.415. The maximum absolute atomic E-state index is 12.9. The number of fused-ring (bicyclic) bond motifs is 1. The molecule has 0 saturated carbocycles. The van der Waals surface area contributed by atoms with Crippen LogP contribution in [0.2, 0.25) is 0 Å². The Balaban J connectivity index is 2.57. The summed E-state index contributed by atoms with van der Waals surface area (Å²) in [6.45, 7) is 2.00. The Morgan fingerprint density at radius 3 is 2.35 bits per heavy atom. The summed E-state index contributed by atoms with van der Waals surface area (Å²) < 4.78 is 44.0. The number of non-ortho nitro benzene ring substituents is 1. The Morgan fingerprint density at radius 1 is 1.15 bits per heavy atom. The molecular weight excluding hydrogens is 361 g/mol. The second kappa shape index (κ2) is 7.54. The number of benzene rings is 1. The smallest absolute Gasteiger partial charge is 0.449 e. The molecule has 0 atom stereocenters. The van der Waals surface area contributed by atoms with E-state index in [1.165, 1.54) is 0 Å². The van der Waals surface area contributed by atoms with Gasteiger partial charge in [0, 0.05) is 0 Å². The van der Waals surface area contributed by atoms with E-state index in [0.717, 1.165) is 19.3 Å². The fraction of sp³-hybridized carbons (Fsp3) is 0.500. The molecule has 0 aliphatic carbocycles. The van der Waals surface area contributed by atoms with Crippen molar-refractivity contribution in [3.05, 3.63) is 32.1 Å². The van der Waals surface area contributed by atoms with E-state index >= 15 is 0 Å². The molecule has 0 radical (unpaired) electrons. The van der Waals surface area contributed by atoms with Crippen LogP contribution in [0.5, 0.6) is 5.75 Å². The van der Waals surface area contributed by atoms with Crippen molar-refractivity contribution < 1.29 is 27.8 Å². The van der Waals surface area contributed by atoms with Crippen molar-refractivity contribution in [2.75, 3.05) is 6.61 Å². The second-order valence-corrected chi connectivity index (χ2v) is 5.47. The van der Waals surface area contributed by atoms with Crippen molar-refractivity contribution in [3.8, 4) is 5.75 Å². The lowest BCUT2D eigenvalue weighted by atomic mass is 10.2. The molecule has 0 amide bonds. The van der Waals surface area contributed by atoms with Crippen molar-refractivity contribution in [1.29, 1.82) is 0 Å². The summed E-state index contributed by atoms with van der Waals surface area (Å²) in [6.07, 6.45) is -1.75. The van der Waals surface area contributed by atoms with Gasteiger partial charge in [-0.05, 0) is 6.42 Å². The van der Waals surface area contributed by atoms with Gasteiger partial charge < -0.3 is 9.72 Å². The molecular formula is C14H15F3N4O5. The van der Waals surface area contributed by atoms with Gasteiger partial charge in [-0.15, -0.1) is 0 Å². The van der Waals surface area contributed by atoms with E-state index in [2.05, 4.69) is 4.98 Å². The minimum atomic E-state index is -4.90. The molecule has 0 aliphatic heterocycles. The molecule has 1 aromatic carbocycles. The van der Waals surface area contributed by atoms with Crippen molar-refractivity contribution in [1.82, 2.24) is 9.97 Å². The maximum Gasteiger partial charge on any atom is 0.449 e. The fourth-order valence-corrected chi connectivity index (χ4v) is 2.37. The van der Waals surface area contributed by atoms with Gasteiger partial charge in [0.25, 0.3) is 0 Å². The average Bonchev–Trinajstić information content (AvgIpc) is 2.99. The lowest BCUT2D eigenvalue weighted by Gasteiger charge is -2.08. The van der Waals surface area contributed by atoms with Crippen molar-refractivity contribution in [2.24, 2.45) is 0 Å². The highest BCUT2D eigenvalue weighted by Crippen LogP contribution is 2.41. The van der Waals surface area contributed by atoms with Crippen molar-refractivity contribution in [3.63, 3.8) is 0 Å². The first-order valence-corrected chi connectivity index (χ1v) is 7.72. The third-order valence-electron chi connectivity index (χ3n) is 3.59. The average molecular weight is 376 g/mol. The number of nitrogens with one attached hydrogen (secondary N) is 1. The first-order chi connectivity index (χ1) is 12.2. The molecule has 0 unspecified atom stereocenters. The summed E-state index contributed by atoms with van der Waals surface area (Å²) in [4.78, 5) is 25.4. The van der Waals surface area contributed by atoms with Crippen LogP contribution in [0.25, 0.3) is 11.0 Å². The molecule has 12 heteroatoms. The third kappa shape index (κ3) is 4.00. The van der Waals surface area contributed by atoms with Gasteiger partial charge in [-0.2, -0.15) is 13.2 Å². The van der Waals surface area contributed by atoms with Gasteiger partial charge in [0.2, 0.25) is 11.6 Å². The number of H-pyrrole nitrogens is 1. The largest absolute Gasteiger partial charge is 0.485 e. The number of ether oxygens (including phenoxy) is 1. The molecule has 1 N–H and O–H groups in total. The predicted molar refractivity (Wildman–Crippen MR) is 84.0 cm³/mol. The summed E-state index contributed by atoms with van der Waals surface area (Å²) in [6, 6.07) is 0.560. The first kappa shape index (κ1) is 19.4. The number of hydrogen-bond donors (Lipinski definition) is 1. The van der Waals surface area contributed by atoms with Crippen LogP contribution in [0.3, 0.4) is 0 Å². The summed E-state index contributed by atoms with van der Waals surface area (Å²) >= 11 is 0. The lowest BCUT2D eigenvalue weighted by Crippen LogP contribution is -2.07. The van der Waals surface area contributed by atoms with E-state index in [-0.39, 0.29) is 6.61 Å². The van der Waals surface area contributed by atoms with Gasteiger partial charge in [0.15, 0.2) is 5.52 Å². The number of aromatic nitrogens is 2. The zero-order valence-corrected chi connectivity index (χ0v) is 13.6. The van der Waals surface area contributed by atoms with E-state index in [1.54, 1.807) is 0 Å². The number of nitrogens with zero attached hydrogens (tertiary/aromatic N) is 3. The summed E-state index contributed by atoms with van der Waals surface area (Å²) in [5.74, 6) is -1.98. The van der Waals surface area contributed by atoms with E-state index < -0.39 is 50.0 Å². The molecule has 2 rings (SSSR count). The Hall–Kier alpha value is -2.92. The Labute approximate surface area is 144 Å². The molecule has 1 heterocycles. The third-order valence-corrected chi connectivity index (χ3v) is 3.59. The van der Waals surface area contributed by atoms with Gasteiger partial charge in [0.1, 0.15) is 11.6 Å². The molecule has 1 aromatic heterocycles. The van der Waals surface area contributed by atoms with Crippen LogP contribution in [-0.2, 0) is 6.18 Å². The minimum Gasteiger partial charge on any atom is -0.485 e. The number of aromatic amines is 1. The van der Waals surface area contributed by atoms with Crippen LogP contribution in [0.1, 0.15) is 38.4 Å². The minimum absolute atomic E-state index is 0.0219. The van der Waals surface area contributed by atoms with Crippen molar-refractivity contribution in [2.45, 2.75) is 38.8 Å². The van der Waals surface area contributed by atoms with Gasteiger partial charge in [-0.1, -0.05) is 26.2 Å². The number of imidazole rings is 1. The molecule has 0 aliphatic rings.